The van der Waals surface area contributed by atoms with Gasteiger partial charge in [0.25, 0.3) is 5.91 Å². The minimum absolute atomic E-state index is 0.0195. The molecule has 18 heavy (non-hydrogen) atoms. The number of carbonyl (C=O) groups is 1. The third-order valence-electron chi connectivity index (χ3n) is 2.39. The van der Waals surface area contributed by atoms with Crippen LogP contribution in [-0.2, 0) is 6.54 Å². The number of carbonyl (C=O) groups excluding carboxylic acids is 1. The maximum Gasteiger partial charge on any atom is 0.291 e. The van der Waals surface area contributed by atoms with Gasteiger partial charge in [0.15, 0.2) is 0 Å². The number of hydrogen-bond donors (Lipinski definition) is 1. The Kier molecular flexibility index (Phi) is 3.31. The molecule has 1 aromatic heterocycles. The topological polar surface area (TPSA) is 61.9 Å². The number of benzene rings is 1. The largest absolute Gasteiger partial charge is 0.335 e. The van der Waals surface area contributed by atoms with E-state index >= 15 is 0 Å². The Morgan fingerprint density at radius 3 is 2.83 bits per heavy atom. The van der Waals surface area contributed by atoms with Gasteiger partial charge in [-0.2, -0.15) is 5.10 Å². The number of H-pyrrole nitrogens is 1. The number of halogens is 2. The van der Waals surface area contributed by atoms with Crippen LogP contribution in [0.25, 0.3) is 0 Å². The van der Waals surface area contributed by atoms with E-state index in [0.717, 1.165) is 12.1 Å². The summed E-state index contributed by atoms with van der Waals surface area (Å²) in [5, 5.41) is 5.98. The number of nitrogens with one attached hydrogen (secondary N) is 1. The molecule has 0 aliphatic carbocycles. The summed E-state index contributed by atoms with van der Waals surface area (Å²) in [6.07, 6.45) is 1.21. The zero-order valence-corrected chi connectivity index (χ0v) is 9.52. The highest BCUT2D eigenvalue weighted by atomic mass is 19.1. The predicted octanol–water partition coefficient (Wildman–Crippen LogP) is 1.36. The predicted molar refractivity (Wildman–Crippen MR) is 58.5 cm³/mol. The zero-order chi connectivity index (χ0) is 13.1. The van der Waals surface area contributed by atoms with Crippen LogP contribution in [-0.4, -0.2) is 33.0 Å². The molecule has 2 rings (SSSR count). The van der Waals surface area contributed by atoms with Crippen molar-refractivity contribution in [3.05, 3.63) is 47.5 Å². The Morgan fingerprint density at radius 2 is 2.22 bits per heavy atom. The molecule has 1 heterocycles. The van der Waals surface area contributed by atoms with Gasteiger partial charge in [-0.25, -0.2) is 13.8 Å². The smallest absolute Gasteiger partial charge is 0.291 e. The molecule has 1 amide bonds. The molecule has 0 atom stereocenters. The van der Waals surface area contributed by atoms with Crippen LogP contribution in [0.5, 0.6) is 0 Å². The molecular weight excluding hydrogens is 242 g/mol. The second kappa shape index (κ2) is 4.91. The number of hydrogen-bond acceptors (Lipinski definition) is 3. The first-order chi connectivity index (χ1) is 8.58. The number of rotatable bonds is 3. The number of aromatic nitrogens is 3. The van der Waals surface area contributed by atoms with Crippen molar-refractivity contribution in [3.8, 4) is 0 Å². The molecule has 94 valence electrons. The van der Waals surface area contributed by atoms with Crippen molar-refractivity contribution in [2.75, 3.05) is 7.05 Å². The molecule has 5 nitrogen and oxygen atoms in total. The van der Waals surface area contributed by atoms with E-state index in [9.17, 15) is 13.6 Å². The van der Waals surface area contributed by atoms with Crippen LogP contribution in [0.3, 0.4) is 0 Å². The fourth-order valence-electron chi connectivity index (χ4n) is 1.47. The summed E-state index contributed by atoms with van der Waals surface area (Å²) in [6, 6.07) is 3.22. The summed E-state index contributed by atoms with van der Waals surface area (Å²) in [4.78, 5) is 16.7. The van der Waals surface area contributed by atoms with Crippen LogP contribution in [0.1, 0.15) is 16.2 Å². The fourth-order valence-corrected chi connectivity index (χ4v) is 1.47. The van der Waals surface area contributed by atoms with Gasteiger partial charge in [-0.3, -0.25) is 9.89 Å². The van der Waals surface area contributed by atoms with E-state index in [0.29, 0.717) is 0 Å². The van der Waals surface area contributed by atoms with Crippen LogP contribution in [0.2, 0.25) is 0 Å². The molecule has 0 fully saturated rings. The van der Waals surface area contributed by atoms with Crippen molar-refractivity contribution >= 4 is 5.91 Å². The summed E-state index contributed by atoms with van der Waals surface area (Å²) >= 11 is 0. The van der Waals surface area contributed by atoms with Crippen molar-refractivity contribution in [2.45, 2.75) is 6.54 Å². The molecule has 0 radical (unpaired) electrons. The quantitative estimate of drug-likeness (QED) is 0.897. The van der Waals surface area contributed by atoms with Crippen molar-refractivity contribution in [1.82, 2.24) is 20.1 Å². The van der Waals surface area contributed by atoms with Crippen molar-refractivity contribution in [1.29, 1.82) is 0 Å². The average molecular weight is 252 g/mol. The first-order valence-electron chi connectivity index (χ1n) is 5.12. The van der Waals surface area contributed by atoms with Gasteiger partial charge < -0.3 is 4.90 Å². The first-order valence-corrected chi connectivity index (χ1v) is 5.12. The van der Waals surface area contributed by atoms with Gasteiger partial charge in [-0.15, -0.1) is 0 Å². The van der Waals surface area contributed by atoms with Crippen LogP contribution in [0.4, 0.5) is 8.78 Å². The minimum atomic E-state index is -0.688. The zero-order valence-electron chi connectivity index (χ0n) is 9.52. The lowest BCUT2D eigenvalue weighted by Crippen LogP contribution is -2.27. The molecule has 0 spiro atoms. The maximum absolute atomic E-state index is 13.4. The fraction of sp³-hybridized carbons (Fsp3) is 0.182. The highest BCUT2D eigenvalue weighted by Crippen LogP contribution is 2.12. The van der Waals surface area contributed by atoms with Gasteiger partial charge >= 0.3 is 0 Å². The minimum Gasteiger partial charge on any atom is -0.335 e. The van der Waals surface area contributed by atoms with E-state index in [1.54, 1.807) is 0 Å². The monoisotopic (exact) mass is 252 g/mol. The lowest BCUT2D eigenvalue weighted by molar-refractivity contribution is 0.0772. The van der Waals surface area contributed by atoms with Gasteiger partial charge in [0, 0.05) is 25.2 Å². The maximum atomic E-state index is 13.4. The summed E-state index contributed by atoms with van der Waals surface area (Å²) in [5.74, 6) is -1.69. The van der Waals surface area contributed by atoms with Gasteiger partial charge in [0.05, 0.1) is 0 Å². The Labute approximate surface area is 101 Å². The van der Waals surface area contributed by atoms with E-state index in [-0.39, 0.29) is 17.9 Å². The molecule has 0 bridgehead atoms. The SMILES string of the molecule is CN(Cc1ccc(F)cc1F)C(=O)c1ncn[nH]1. The van der Waals surface area contributed by atoms with Crippen LogP contribution < -0.4 is 0 Å². The Morgan fingerprint density at radius 1 is 1.44 bits per heavy atom. The van der Waals surface area contributed by atoms with Crippen molar-refractivity contribution in [3.63, 3.8) is 0 Å². The Balaban J connectivity index is 2.11. The van der Waals surface area contributed by atoms with E-state index < -0.39 is 17.5 Å². The molecule has 7 heteroatoms. The number of amides is 1. The normalized spacial score (nSPS) is 10.4. The van der Waals surface area contributed by atoms with E-state index in [2.05, 4.69) is 15.2 Å². The number of aromatic amines is 1. The van der Waals surface area contributed by atoms with E-state index in [1.807, 2.05) is 0 Å². The van der Waals surface area contributed by atoms with Crippen LogP contribution in [0.15, 0.2) is 24.5 Å². The van der Waals surface area contributed by atoms with Gasteiger partial charge in [0.2, 0.25) is 5.82 Å². The molecule has 0 unspecified atom stereocenters. The molecule has 2 aromatic rings. The third-order valence-corrected chi connectivity index (χ3v) is 2.39. The molecular formula is C11H10F2N4O. The lowest BCUT2D eigenvalue weighted by Gasteiger charge is -2.15. The lowest BCUT2D eigenvalue weighted by atomic mass is 10.2. The Bertz CT molecular complexity index is 556. The molecule has 0 saturated heterocycles. The summed E-state index contributed by atoms with van der Waals surface area (Å²) in [7, 11) is 1.49. The van der Waals surface area contributed by atoms with E-state index in [4.69, 9.17) is 0 Å². The first kappa shape index (κ1) is 12.2. The molecule has 1 N–H and O–H groups in total. The van der Waals surface area contributed by atoms with Gasteiger partial charge in [-0.1, -0.05) is 6.07 Å². The third kappa shape index (κ3) is 2.50. The summed E-state index contributed by atoms with van der Waals surface area (Å²) < 4.78 is 26.1. The van der Waals surface area contributed by atoms with Crippen molar-refractivity contribution < 1.29 is 13.6 Å². The average Bonchev–Trinajstić information content (AvgIpc) is 2.85. The van der Waals surface area contributed by atoms with Gasteiger partial charge in [0.1, 0.15) is 18.0 Å². The van der Waals surface area contributed by atoms with Crippen LogP contribution in [0, 0.1) is 11.6 Å². The molecule has 0 aliphatic rings. The summed E-state index contributed by atoms with van der Waals surface area (Å²) in [6.45, 7) is 0.0195. The molecule has 0 saturated carbocycles. The highest BCUT2D eigenvalue weighted by molar-refractivity contribution is 5.90. The standard InChI is InChI=1S/C11H10F2N4O/c1-17(11(18)10-14-6-15-16-10)5-7-2-3-8(12)4-9(7)13/h2-4,6H,5H2,1H3,(H,14,15,16). The van der Waals surface area contributed by atoms with Crippen molar-refractivity contribution in [2.24, 2.45) is 0 Å². The second-order valence-corrected chi connectivity index (χ2v) is 3.73. The van der Waals surface area contributed by atoms with Crippen LogP contribution >= 0.6 is 0 Å². The second-order valence-electron chi connectivity index (χ2n) is 3.73. The highest BCUT2D eigenvalue weighted by Gasteiger charge is 2.16. The molecule has 0 aliphatic heterocycles. The Hall–Kier alpha value is -2.31. The summed E-state index contributed by atoms with van der Waals surface area (Å²) in [5.41, 5.74) is 0.228. The molecule has 1 aromatic carbocycles. The van der Waals surface area contributed by atoms with Gasteiger partial charge in [-0.05, 0) is 6.07 Å². The number of nitrogens with zero attached hydrogens (tertiary/aromatic N) is 3. The van der Waals surface area contributed by atoms with E-state index in [1.165, 1.54) is 24.3 Å².